The standard InChI is InChI=1S/C13H21N3O2/c1-2-4-9(17)7-14-13(18)10-5-3-6-12-11(10)8-15-16-12/h8-10,17H,2-7H2,1H3,(H,14,18)(H,15,16). The predicted octanol–water partition coefficient (Wildman–Crippen LogP) is 1.11. The van der Waals surface area contributed by atoms with E-state index < -0.39 is 6.10 Å². The van der Waals surface area contributed by atoms with E-state index in [2.05, 4.69) is 15.5 Å². The quantitative estimate of drug-likeness (QED) is 0.733. The average Bonchev–Trinajstić information content (AvgIpc) is 2.84. The smallest absolute Gasteiger partial charge is 0.227 e. The van der Waals surface area contributed by atoms with Crippen molar-refractivity contribution in [3.8, 4) is 0 Å². The lowest BCUT2D eigenvalue weighted by molar-refractivity contribution is -0.123. The molecule has 1 amide bonds. The van der Waals surface area contributed by atoms with E-state index in [0.29, 0.717) is 6.54 Å². The third-order valence-electron chi connectivity index (χ3n) is 3.50. The molecule has 1 aliphatic carbocycles. The summed E-state index contributed by atoms with van der Waals surface area (Å²) in [7, 11) is 0. The Bertz CT molecular complexity index is 403. The molecule has 1 heterocycles. The topological polar surface area (TPSA) is 78.0 Å². The van der Waals surface area contributed by atoms with E-state index in [-0.39, 0.29) is 11.8 Å². The lowest BCUT2D eigenvalue weighted by Crippen LogP contribution is -2.36. The van der Waals surface area contributed by atoms with Crippen LogP contribution in [0.25, 0.3) is 0 Å². The Labute approximate surface area is 107 Å². The Morgan fingerprint density at radius 2 is 2.56 bits per heavy atom. The van der Waals surface area contributed by atoms with Crippen molar-refractivity contribution in [2.75, 3.05) is 6.54 Å². The summed E-state index contributed by atoms with van der Waals surface area (Å²) in [6.45, 7) is 2.36. The van der Waals surface area contributed by atoms with Gasteiger partial charge in [0.1, 0.15) is 0 Å². The summed E-state index contributed by atoms with van der Waals surface area (Å²) in [5.41, 5.74) is 2.10. The number of hydrogen-bond acceptors (Lipinski definition) is 3. The van der Waals surface area contributed by atoms with Crippen LogP contribution in [0.4, 0.5) is 0 Å². The largest absolute Gasteiger partial charge is 0.391 e. The van der Waals surface area contributed by atoms with Crippen LogP contribution in [0.1, 0.15) is 49.8 Å². The number of aryl methyl sites for hydroxylation is 1. The number of aliphatic hydroxyl groups is 1. The number of rotatable bonds is 5. The third-order valence-corrected chi connectivity index (χ3v) is 3.50. The van der Waals surface area contributed by atoms with Crippen LogP contribution in [-0.2, 0) is 11.2 Å². The van der Waals surface area contributed by atoms with Gasteiger partial charge in [-0.15, -0.1) is 0 Å². The van der Waals surface area contributed by atoms with Gasteiger partial charge in [-0.1, -0.05) is 13.3 Å². The second-order valence-corrected chi connectivity index (χ2v) is 4.94. The van der Waals surface area contributed by atoms with E-state index in [1.165, 1.54) is 0 Å². The molecule has 0 bridgehead atoms. The number of amides is 1. The summed E-state index contributed by atoms with van der Waals surface area (Å²) < 4.78 is 0. The molecule has 0 saturated carbocycles. The van der Waals surface area contributed by atoms with Crippen LogP contribution >= 0.6 is 0 Å². The highest BCUT2D eigenvalue weighted by molar-refractivity contribution is 5.84. The lowest BCUT2D eigenvalue weighted by Gasteiger charge is -2.21. The van der Waals surface area contributed by atoms with Crippen molar-refractivity contribution in [2.24, 2.45) is 0 Å². The second-order valence-electron chi connectivity index (χ2n) is 4.94. The molecule has 1 aliphatic rings. The highest BCUT2D eigenvalue weighted by atomic mass is 16.3. The molecule has 2 rings (SSSR count). The molecule has 100 valence electrons. The monoisotopic (exact) mass is 251 g/mol. The number of nitrogens with zero attached hydrogens (tertiary/aromatic N) is 1. The molecule has 3 N–H and O–H groups in total. The zero-order valence-electron chi connectivity index (χ0n) is 10.8. The van der Waals surface area contributed by atoms with Crippen molar-refractivity contribution in [1.82, 2.24) is 15.5 Å². The van der Waals surface area contributed by atoms with Gasteiger partial charge in [-0.2, -0.15) is 5.10 Å². The van der Waals surface area contributed by atoms with Gasteiger partial charge in [0.25, 0.3) is 0 Å². The Hall–Kier alpha value is -1.36. The molecule has 5 heteroatoms. The highest BCUT2D eigenvalue weighted by Crippen LogP contribution is 2.30. The number of carbonyl (C=O) groups excluding carboxylic acids is 1. The molecule has 5 nitrogen and oxygen atoms in total. The molecule has 0 aliphatic heterocycles. The first-order valence-electron chi connectivity index (χ1n) is 6.70. The molecule has 0 saturated heterocycles. The minimum absolute atomic E-state index is 0.00695. The van der Waals surface area contributed by atoms with E-state index in [9.17, 15) is 9.90 Å². The van der Waals surface area contributed by atoms with Gasteiger partial charge in [0.2, 0.25) is 5.91 Å². The molecular weight excluding hydrogens is 230 g/mol. The van der Waals surface area contributed by atoms with Crippen LogP contribution in [0.2, 0.25) is 0 Å². The van der Waals surface area contributed by atoms with Crippen LogP contribution in [0.15, 0.2) is 6.20 Å². The Morgan fingerprint density at radius 1 is 1.72 bits per heavy atom. The number of aromatic nitrogens is 2. The van der Waals surface area contributed by atoms with Gasteiger partial charge >= 0.3 is 0 Å². The SMILES string of the molecule is CCCC(O)CNC(=O)C1CCCc2[nH]ncc21. The molecule has 0 radical (unpaired) electrons. The van der Waals surface area contributed by atoms with Gasteiger partial charge < -0.3 is 10.4 Å². The number of fused-ring (bicyclic) bond motifs is 1. The normalized spacial score (nSPS) is 20.2. The summed E-state index contributed by atoms with van der Waals surface area (Å²) in [4.78, 5) is 12.1. The predicted molar refractivity (Wildman–Crippen MR) is 68.2 cm³/mol. The lowest BCUT2D eigenvalue weighted by atomic mass is 9.86. The van der Waals surface area contributed by atoms with Crippen molar-refractivity contribution >= 4 is 5.91 Å². The number of aromatic amines is 1. The summed E-state index contributed by atoms with van der Waals surface area (Å²) >= 11 is 0. The van der Waals surface area contributed by atoms with Gasteiger partial charge in [-0.25, -0.2) is 0 Å². The molecule has 18 heavy (non-hydrogen) atoms. The maximum Gasteiger partial charge on any atom is 0.227 e. The van der Waals surface area contributed by atoms with E-state index in [1.54, 1.807) is 6.20 Å². The number of H-pyrrole nitrogens is 1. The molecule has 0 fully saturated rings. The van der Waals surface area contributed by atoms with Gasteiger partial charge in [0, 0.05) is 17.8 Å². The van der Waals surface area contributed by atoms with E-state index >= 15 is 0 Å². The van der Waals surface area contributed by atoms with Crippen LogP contribution in [0, 0.1) is 0 Å². The maximum absolute atomic E-state index is 12.1. The number of aliphatic hydroxyl groups excluding tert-OH is 1. The van der Waals surface area contributed by atoms with E-state index in [0.717, 1.165) is 43.4 Å². The van der Waals surface area contributed by atoms with Crippen LogP contribution in [0.3, 0.4) is 0 Å². The maximum atomic E-state index is 12.1. The summed E-state index contributed by atoms with van der Waals surface area (Å²) in [5.74, 6) is -0.103. The number of hydrogen-bond donors (Lipinski definition) is 3. The summed E-state index contributed by atoms with van der Waals surface area (Å²) in [6.07, 6.45) is 5.80. The highest BCUT2D eigenvalue weighted by Gasteiger charge is 2.27. The van der Waals surface area contributed by atoms with Crippen LogP contribution in [0.5, 0.6) is 0 Å². The molecule has 2 unspecified atom stereocenters. The fourth-order valence-corrected chi connectivity index (χ4v) is 2.51. The van der Waals surface area contributed by atoms with Crippen molar-refractivity contribution < 1.29 is 9.90 Å². The van der Waals surface area contributed by atoms with Gasteiger partial charge in [-0.05, 0) is 25.7 Å². The molecular formula is C13H21N3O2. The zero-order chi connectivity index (χ0) is 13.0. The van der Waals surface area contributed by atoms with Crippen LogP contribution in [-0.4, -0.2) is 33.9 Å². The molecule has 1 aromatic rings. The Morgan fingerprint density at radius 3 is 3.33 bits per heavy atom. The number of carbonyl (C=O) groups is 1. The van der Waals surface area contributed by atoms with Gasteiger partial charge in [-0.3, -0.25) is 9.89 Å². The minimum Gasteiger partial charge on any atom is -0.391 e. The zero-order valence-corrected chi connectivity index (χ0v) is 10.8. The Kier molecular flexibility index (Phi) is 4.36. The first kappa shape index (κ1) is 13.1. The van der Waals surface area contributed by atoms with Crippen molar-refractivity contribution in [3.63, 3.8) is 0 Å². The molecule has 0 spiro atoms. The average molecular weight is 251 g/mol. The third kappa shape index (κ3) is 2.90. The second kappa shape index (κ2) is 6.00. The Balaban J connectivity index is 1.91. The molecule has 0 aromatic carbocycles. The number of nitrogens with one attached hydrogen (secondary N) is 2. The summed E-state index contributed by atoms with van der Waals surface area (Å²) in [6, 6.07) is 0. The molecule has 1 aromatic heterocycles. The summed E-state index contributed by atoms with van der Waals surface area (Å²) in [5, 5.41) is 19.4. The van der Waals surface area contributed by atoms with Crippen molar-refractivity contribution in [2.45, 2.75) is 51.0 Å². The van der Waals surface area contributed by atoms with Crippen molar-refractivity contribution in [3.05, 3.63) is 17.5 Å². The fraction of sp³-hybridized carbons (Fsp3) is 0.692. The minimum atomic E-state index is -0.439. The van der Waals surface area contributed by atoms with Gasteiger partial charge in [0.05, 0.1) is 18.2 Å². The van der Waals surface area contributed by atoms with E-state index in [1.807, 2.05) is 6.92 Å². The van der Waals surface area contributed by atoms with Crippen molar-refractivity contribution in [1.29, 1.82) is 0 Å². The fourth-order valence-electron chi connectivity index (χ4n) is 2.51. The van der Waals surface area contributed by atoms with Crippen LogP contribution < -0.4 is 5.32 Å². The first-order valence-corrected chi connectivity index (χ1v) is 6.70. The molecule has 2 atom stereocenters. The van der Waals surface area contributed by atoms with Gasteiger partial charge in [0.15, 0.2) is 0 Å². The van der Waals surface area contributed by atoms with E-state index in [4.69, 9.17) is 0 Å². The first-order chi connectivity index (χ1) is 8.72.